The highest BCUT2D eigenvalue weighted by Gasteiger charge is 2.44. The van der Waals surface area contributed by atoms with Gasteiger partial charge in [0.1, 0.15) is 11.6 Å². The number of ketones is 2. The fraction of sp³-hybridized carbons (Fsp3) is 0.714. The van der Waals surface area contributed by atoms with Gasteiger partial charge in [-0.1, -0.05) is 12.2 Å². The number of carbonyl (C=O) groups excluding carboxylic acids is 2. The van der Waals surface area contributed by atoms with Crippen molar-refractivity contribution in [1.29, 1.82) is 0 Å². The van der Waals surface area contributed by atoms with Gasteiger partial charge < -0.3 is 9.59 Å². The minimum absolute atomic E-state index is 0.272. The first-order valence-corrected chi connectivity index (χ1v) is 6.25. The summed E-state index contributed by atoms with van der Waals surface area (Å²) < 4.78 is 0. The van der Waals surface area contributed by atoms with Gasteiger partial charge in [-0.3, -0.25) is 0 Å². The van der Waals surface area contributed by atoms with E-state index in [9.17, 15) is 9.59 Å². The van der Waals surface area contributed by atoms with Gasteiger partial charge in [-0.25, -0.2) is 0 Å². The maximum Gasteiger partial charge on any atom is 0.130 e. The van der Waals surface area contributed by atoms with Crippen LogP contribution in [-0.2, 0) is 9.59 Å². The zero-order valence-electron chi connectivity index (χ0n) is 10.1. The molecule has 88 valence electrons. The van der Waals surface area contributed by atoms with E-state index >= 15 is 0 Å². The number of allylic oxidation sites excluding steroid dienone is 2. The Morgan fingerprint density at radius 2 is 1.69 bits per heavy atom. The highest BCUT2D eigenvalue weighted by atomic mass is 16.1. The van der Waals surface area contributed by atoms with Gasteiger partial charge in [0.25, 0.3) is 0 Å². The van der Waals surface area contributed by atoms with Gasteiger partial charge in [-0.05, 0) is 50.4 Å². The van der Waals surface area contributed by atoms with Crippen LogP contribution < -0.4 is 0 Å². The molecule has 2 bridgehead atoms. The highest BCUT2D eigenvalue weighted by molar-refractivity contribution is 5.76. The first-order valence-electron chi connectivity index (χ1n) is 6.25. The zero-order valence-corrected chi connectivity index (χ0v) is 10.1. The molecule has 0 aromatic carbocycles. The summed E-state index contributed by atoms with van der Waals surface area (Å²) in [6.07, 6.45) is 8.14. The molecular formula is C14H20O2. The Hall–Kier alpha value is -0.920. The van der Waals surface area contributed by atoms with Crippen molar-refractivity contribution in [2.75, 3.05) is 0 Å². The monoisotopic (exact) mass is 220 g/mol. The van der Waals surface area contributed by atoms with Gasteiger partial charge in [0.15, 0.2) is 0 Å². The van der Waals surface area contributed by atoms with Gasteiger partial charge >= 0.3 is 0 Å². The molecule has 0 radical (unpaired) electrons. The topological polar surface area (TPSA) is 34.1 Å². The third kappa shape index (κ3) is 2.26. The number of hydrogen-bond acceptors (Lipinski definition) is 2. The average Bonchev–Trinajstić information content (AvgIpc) is 2.74. The summed E-state index contributed by atoms with van der Waals surface area (Å²) in [6.45, 7) is 3.33. The van der Waals surface area contributed by atoms with E-state index in [2.05, 4.69) is 12.2 Å². The molecular weight excluding hydrogens is 200 g/mol. The fourth-order valence-electron chi connectivity index (χ4n) is 3.46. The molecule has 16 heavy (non-hydrogen) atoms. The zero-order chi connectivity index (χ0) is 11.7. The second-order valence-corrected chi connectivity index (χ2v) is 5.42. The average molecular weight is 220 g/mol. The molecule has 2 aliphatic rings. The Labute approximate surface area is 97.1 Å². The van der Waals surface area contributed by atoms with E-state index in [1.807, 2.05) is 0 Å². The number of rotatable bonds is 5. The fourth-order valence-corrected chi connectivity index (χ4v) is 3.46. The smallest absolute Gasteiger partial charge is 0.130 e. The summed E-state index contributed by atoms with van der Waals surface area (Å²) in [7, 11) is 0. The lowest BCUT2D eigenvalue weighted by atomic mass is 9.77. The molecule has 0 aromatic heterocycles. The highest BCUT2D eigenvalue weighted by Crippen LogP contribution is 2.51. The molecule has 0 heterocycles. The van der Waals surface area contributed by atoms with Crippen LogP contribution in [-0.4, -0.2) is 11.6 Å². The minimum Gasteiger partial charge on any atom is -0.300 e. The van der Waals surface area contributed by atoms with E-state index < -0.39 is 0 Å². The summed E-state index contributed by atoms with van der Waals surface area (Å²) in [6, 6.07) is 0. The van der Waals surface area contributed by atoms with E-state index in [0.29, 0.717) is 42.3 Å². The molecule has 0 spiro atoms. The maximum absolute atomic E-state index is 11.3. The SMILES string of the molecule is CC(=O)CCC1C2C=CC(C2)C1CC(C)=O. The van der Waals surface area contributed by atoms with Crippen molar-refractivity contribution in [3.8, 4) is 0 Å². The molecule has 4 atom stereocenters. The van der Waals surface area contributed by atoms with Crippen molar-refractivity contribution < 1.29 is 9.59 Å². The third-order valence-electron chi connectivity index (χ3n) is 4.15. The van der Waals surface area contributed by atoms with Crippen LogP contribution in [0.1, 0.15) is 39.5 Å². The van der Waals surface area contributed by atoms with Crippen LogP contribution in [0, 0.1) is 23.7 Å². The quantitative estimate of drug-likeness (QED) is 0.668. The lowest BCUT2D eigenvalue weighted by molar-refractivity contribution is -0.118. The first-order chi connectivity index (χ1) is 7.58. The number of Topliss-reactive ketones (excluding diaryl/α,β-unsaturated/α-hetero) is 2. The molecule has 2 rings (SSSR count). The van der Waals surface area contributed by atoms with Gasteiger partial charge in [-0.2, -0.15) is 0 Å². The lowest BCUT2D eigenvalue weighted by Gasteiger charge is -2.27. The second kappa shape index (κ2) is 4.52. The Kier molecular flexibility index (Phi) is 3.27. The molecule has 2 heteroatoms. The van der Waals surface area contributed by atoms with Crippen LogP contribution in [0.5, 0.6) is 0 Å². The molecule has 1 fully saturated rings. The molecule has 0 aliphatic heterocycles. The predicted octanol–water partition coefficient (Wildman–Crippen LogP) is 2.77. The van der Waals surface area contributed by atoms with Gasteiger partial charge in [0.05, 0.1) is 0 Å². The minimum atomic E-state index is 0.272. The van der Waals surface area contributed by atoms with Crippen molar-refractivity contribution in [2.24, 2.45) is 23.7 Å². The summed E-state index contributed by atoms with van der Waals surface area (Å²) >= 11 is 0. The van der Waals surface area contributed by atoms with Crippen molar-refractivity contribution in [1.82, 2.24) is 0 Å². The Bertz CT molecular complexity index is 330. The number of fused-ring (bicyclic) bond motifs is 2. The van der Waals surface area contributed by atoms with Gasteiger partial charge in [0, 0.05) is 12.8 Å². The summed E-state index contributed by atoms with van der Waals surface area (Å²) in [5.41, 5.74) is 0. The number of hydrogen-bond donors (Lipinski definition) is 0. The predicted molar refractivity (Wildman–Crippen MR) is 62.9 cm³/mol. The molecule has 2 nitrogen and oxygen atoms in total. The summed E-state index contributed by atoms with van der Waals surface area (Å²) in [4.78, 5) is 22.3. The Morgan fingerprint density at radius 1 is 1.06 bits per heavy atom. The van der Waals surface area contributed by atoms with Crippen molar-refractivity contribution >= 4 is 11.6 Å². The molecule has 0 saturated heterocycles. The number of carbonyl (C=O) groups is 2. The standard InChI is InChI=1S/C14H20O2/c1-9(15)3-6-13-11-4-5-12(8-11)14(13)7-10(2)16/h4-5,11-14H,3,6-8H2,1-2H3. The van der Waals surface area contributed by atoms with Crippen LogP contribution in [0.2, 0.25) is 0 Å². The first kappa shape index (κ1) is 11.6. The Morgan fingerprint density at radius 3 is 2.25 bits per heavy atom. The lowest BCUT2D eigenvalue weighted by Crippen LogP contribution is -2.22. The van der Waals surface area contributed by atoms with Crippen molar-refractivity contribution in [3.05, 3.63) is 12.2 Å². The molecule has 4 unspecified atom stereocenters. The maximum atomic E-state index is 11.3. The molecule has 0 amide bonds. The van der Waals surface area contributed by atoms with E-state index in [1.54, 1.807) is 13.8 Å². The van der Waals surface area contributed by atoms with Crippen LogP contribution in [0.4, 0.5) is 0 Å². The van der Waals surface area contributed by atoms with Gasteiger partial charge in [-0.15, -0.1) is 0 Å². The van der Waals surface area contributed by atoms with Gasteiger partial charge in [0.2, 0.25) is 0 Å². The van der Waals surface area contributed by atoms with Crippen LogP contribution in [0.3, 0.4) is 0 Å². The molecule has 2 aliphatic carbocycles. The normalized spacial score (nSPS) is 35.6. The molecule has 1 saturated carbocycles. The second-order valence-electron chi connectivity index (χ2n) is 5.42. The van der Waals surface area contributed by atoms with Crippen LogP contribution in [0.25, 0.3) is 0 Å². The van der Waals surface area contributed by atoms with Crippen LogP contribution in [0.15, 0.2) is 12.2 Å². The largest absolute Gasteiger partial charge is 0.300 e. The van der Waals surface area contributed by atoms with E-state index in [-0.39, 0.29) is 5.78 Å². The van der Waals surface area contributed by atoms with Crippen molar-refractivity contribution in [2.45, 2.75) is 39.5 Å². The van der Waals surface area contributed by atoms with Crippen molar-refractivity contribution in [3.63, 3.8) is 0 Å². The third-order valence-corrected chi connectivity index (χ3v) is 4.15. The molecule has 0 N–H and O–H groups in total. The van der Waals surface area contributed by atoms with E-state index in [0.717, 1.165) is 6.42 Å². The Balaban J connectivity index is 2.00. The summed E-state index contributed by atoms with van der Waals surface area (Å²) in [5.74, 6) is 2.88. The van der Waals surface area contributed by atoms with Crippen LogP contribution >= 0.6 is 0 Å². The molecule has 0 aromatic rings. The van der Waals surface area contributed by atoms with E-state index in [4.69, 9.17) is 0 Å². The van der Waals surface area contributed by atoms with E-state index in [1.165, 1.54) is 6.42 Å². The summed E-state index contributed by atoms with van der Waals surface area (Å²) in [5, 5.41) is 0.